The summed E-state index contributed by atoms with van der Waals surface area (Å²) in [6.07, 6.45) is 0. The molecule has 298 valence electrons. The molecule has 0 saturated heterocycles. The maximum Gasteiger partial charge on any atom is 0.252 e. The maximum atomic E-state index is 2.55. The number of rotatable bonds is 6. The summed E-state index contributed by atoms with van der Waals surface area (Å²) in [5.41, 5.74) is 22.8. The minimum absolute atomic E-state index is 0.0157. The van der Waals surface area contributed by atoms with E-state index in [1.807, 2.05) is 0 Å². The van der Waals surface area contributed by atoms with Crippen LogP contribution in [0.5, 0.6) is 0 Å². The van der Waals surface area contributed by atoms with Gasteiger partial charge in [-0.15, -0.1) is 0 Å². The molecule has 0 bridgehead atoms. The van der Waals surface area contributed by atoms with Crippen molar-refractivity contribution in [2.24, 2.45) is 0 Å². The van der Waals surface area contributed by atoms with E-state index in [4.69, 9.17) is 0 Å². The molecule has 3 aliphatic rings. The summed E-state index contributed by atoms with van der Waals surface area (Å²) in [6, 6.07) is 92.3. The number of nitrogens with zero attached hydrogens (tertiary/aromatic N) is 2. The van der Waals surface area contributed by atoms with Gasteiger partial charge in [-0.05, 0) is 121 Å². The molecule has 1 aliphatic carbocycles. The molecule has 0 spiro atoms. The highest BCUT2D eigenvalue weighted by Crippen LogP contribution is 2.58. The van der Waals surface area contributed by atoms with Crippen LogP contribution in [0, 0.1) is 0 Å². The second kappa shape index (κ2) is 14.5. The third-order valence-electron chi connectivity index (χ3n) is 13.9. The molecule has 2 aliphatic heterocycles. The molecule has 10 aromatic rings. The first kappa shape index (κ1) is 36.5. The van der Waals surface area contributed by atoms with Crippen molar-refractivity contribution < 1.29 is 0 Å². The molecule has 0 saturated carbocycles. The summed E-state index contributed by atoms with van der Waals surface area (Å²) < 4.78 is 0. The Morgan fingerprint density at radius 2 is 0.672 bits per heavy atom. The molecule has 0 radical (unpaired) electrons. The number of fused-ring (bicyclic) bond motifs is 7. The van der Waals surface area contributed by atoms with Gasteiger partial charge in [0.25, 0.3) is 6.71 Å². The van der Waals surface area contributed by atoms with Crippen molar-refractivity contribution in [3.63, 3.8) is 0 Å². The van der Waals surface area contributed by atoms with Gasteiger partial charge < -0.3 is 9.80 Å². The van der Waals surface area contributed by atoms with E-state index in [-0.39, 0.29) is 6.71 Å². The number of para-hydroxylation sites is 2. The van der Waals surface area contributed by atoms with Crippen LogP contribution in [-0.4, -0.2) is 6.71 Å². The molecule has 0 N–H and O–H groups in total. The first-order chi connectivity index (χ1) is 31.8. The Hall–Kier alpha value is -8.14. The van der Waals surface area contributed by atoms with E-state index < -0.39 is 5.41 Å². The zero-order valence-corrected chi connectivity index (χ0v) is 35.1. The predicted octanol–water partition coefficient (Wildman–Crippen LogP) is 13.5. The number of hydrogen-bond acceptors (Lipinski definition) is 2. The summed E-state index contributed by atoms with van der Waals surface area (Å²) in [5, 5.41) is 0. The standard InChI is InChI=1S/C61H41BN2/c1-4-18-42(19-5-1)44-32-36-48(37-33-44)63-56-30-16-14-28-54(56)62-55-29-15-17-31-57(55)64(49-38-34-45(35-39-49)43-20-6-2-7-21-43)59-41-47(40-58(63)60(59)62)61(46-22-8-3-9-23-46)52-26-12-10-24-50(52)51-25-11-13-27-53(51)61/h1-41H. The van der Waals surface area contributed by atoms with Crippen LogP contribution in [0.25, 0.3) is 33.4 Å². The van der Waals surface area contributed by atoms with Gasteiger partial charge in [0.1, 0.15) is 0 Å². The fraction of sp³-hybridized carbons (Fsp3) is 0.0164. The third-order valence-corrected chi connectivity index (χ3v) is 13.9. The van der Waals surface area contributed by atoms with Gasteiger partial charge in [0, 0.05) is 34.1 Å². The van der Waals surface area contributed by atoms with E-state index in [0.29, 0.717) is 0 Å². The van der Waals surface area contributed by atoms with Crippen LogP contribution in [0.15, 0.2) is 249 Å². The fourth-order valence-electron chi connectivity index (χ4n) is 11.2. The minimum Gasteiger partial charge on any atom is -0.311 e. The molecule has 0 amide bonds. The van der Waals surface area contributed by atoms with E-state index in [0.717, 1.165) is 11.4 Å². The van der Waals surface area contributed by atoms with Gasteiger partial charge in [0.05, 0.1) is 5.41 Å². The highest BCUT2D eigenvalue weighted by Gasteiger charge is 2.49. The van der Waals surface area contributed by atoms with Gasteiger partial charge in [0.2, 0.25) is 0 Å². The van der Waals surface area contributed by atoms with Crippen molar-refractivity contribution in [2.75, 3.05) is 9.80 Å². The lowest BCUT2D eigenvalue weighted by molar-refractivity contribution is 0.768. The van der Waals surface area contributed by atoms with Crippen LogP contribution in [0.1, 0.15) is 22.3 Å². The smallest absolute Gasteiger partial charge is 0.252 e. The molecule has 0 atom stereocenters. The Bertz CT molecular complexity index is 3180. The van der Waals surface area contributed by atoms with Crippen LogP contribution in [0.4, 0.5) is 34.1 Å². The summed E-state index contributed by atoms with van der Waals surface area (Å²) >= 11 is 0. The SMILES string of the molecule is c1ccc(-c2ccc(N3c4ccccc4B4c5ccccc5N(c5ccc(-c6ccccc6)cc5)c5cc(C6(c7ccccc7)c7ccccc7-c7ccccc76)cc3c54)cc2)cc1. The molecule has 0 unspecified atom stereocenters. The molecule has 64 heavy (non-hydrogen) atoms. The first-order valence-corrected chi connectivity index (χ1v) is 22.3. The van der Waals surface area contributed by atoms with Crippen molar-refractivity contribution in [3.05, 3.63) is 271 Å². The van der Waals surface area contributed by atoms with E-state index in [1.165, 1.54) is 94.8 Å². The van der Waals surface area contributed by atoms with Crippen LogP contribution in [0.2, 0.25) is 0 Å². The first-order valence-electron chi connectivity index (χ1n) is 22.3. The topological polar surface area (TPSA) is 6.48 Å². The van der Waals surface area contributed by atoms with Gasteiger partial charge in [-0.2, -0.15) is 0 Å². The van der Waals surface area contributed by atoms with Crippen molar-refractivity contribution in [3.8, 4) is 33.4 Å². The fourth-order valence-corrected chi connectivity index (χ4v) is 11.2. The van der Waals surface area contributed by atoms with Crippen LogP contribution >= 0.6 is 0 Å². The van der Waals surface area contributed by atoms with Crippen molar-refractivity contribution >= 4 is 57.2 Å². The lowest BCUT2D eigenvalue weighted by Crippen LogP contribution is -2.61. The second-order valence-corrected chi connectivity index (χ2v) is 17.2. The minimum atomic E-state index is -0.602. The largest absolute Gasteiger partial charge is 0.311 e. The van der Waals surface area contributed by atoms with Crippen molar-refractivity contribution in [2.45, 2.75) is 5.41 Å². The lowest BCUT2D eigenvalue weighted by Gasteiger charge is -2.45. The number of anilines is 6. The summed E-state index contributed by atoms with van der Waals surface area (Å²) in [5.74, 6) is 0. The molecule has 3 heteroatoms. The van der Waals surface area contributed by atoms with E-state index in [2.05, 4.69) is 259 Å². The Balaban J connectivity index is 1.14. The van der Waals surface area contributed by atoms with Crippen molar-refractivity contribution in [1.29, 1.82) is 0 Å². The van der Waals surface area contributed by atoms with E-state index >= 15 is 0 Å². The average molecular weight is 813 g/mol. The molecule has 2 nitrogen and oxygen atoms in total. The van der Waals surface area contributed by atoms with Crippen LogP contribution in [-0.2, 0) is 5.41 Å². The lowest BCUT2D eigenvalue weighted by atomic mass is 9.33. The zero-order valence-electron chi connectivity index (χ0n) is 35.1. The van der Waals surface area contributed by atoms with Gasteiger partial charge in [0.15, 0.2) is 0 Å². The molecular weight excluding hydrogens is 771 g/mol. The Morgan fingerprint density at radius 3 is 1.14 bits per heavy atom. The Kier molecular flexibility index (Phi) is 8.26. The van der Waals surface area contributed by atoms with Crippen LogP contribution in [0.3, 0.4) is 0 Å². The van der Waals surface area contributed by atoms with Gasteiger partial charge in [-0.25, -0.2) is 0 Å². The van der Waals surface area contributed by atoms with Gasteiger partial charge in [-0.3, -0.25) is 0 Å². The van der Waals surface area contributed by atoms with E-state index in [1.54, 1.807) is 0 Å². The molecule has 10 aromatic carbocycles. The highest BCUT2D eigenvalue weighted by atomic mass is 15.2. The third kappa shape index (κ3) is 5.34. The van der Waals surface area contributed by atoms with E-state index in [9.17, 15) is 0 Å². The molecule has 0 fully saturated rings. The quantitative estimate of drug-likeness (QED) is 0.154. The molecule has 13 rings (SSSR count). The summed E-state index contributed by atoms with van der Waals surface area (Å²) in [4.78, 5) is 5.08. The van der Waals surface area contributed by atoms with Crippen molar-refractivity contribution in [1.82, 2.24) is 0 Å². The monoisotopic (exact) mass is 812 g/mol. The maximum absolute atomic E-state index is 2.55. The van der Waals surface area contributed by atoms with Gasteiger partial charge in [-0.1, -0.05) is 200 Å². The molecule has 0 aromatic heterocycles. The summed E-state index contributed by atoms with van der Waals surface area (Å²) in [7, 11) is 0. The normalized spacial score (nSPS) is 13.7. The summed E-state index contributed by atoms with van der Waals surface area (Å²) in [6.45, 7) is 0.0157. The van der Waals surface area contributed by atoms with Crippen LogP contribution < -0.4 is 26.2 Å². The van der Waals surface area contributed by atoms with Gasteiger partial charge >= 0.3 is 0 Å². The Morgan fingerprint density at radius 1 is 0.297 bits per heavy atom. The number of hydrogen-bond donors (Lipinski definition) is 0. The average Bonchev–Trinajstić information content (AvgIpc) is 3.68. The molecular formula is C61H41BN2. The Labute approximate surface area is 375 Å². The molecule has 2 heterocycles. The second-order valence-electron chi connectivity index (χ2n) is 17.2. The zero-order chi connectivity index (χ0) is 42.2. The number of benzene rings is 10. The predicted molar refractivity (Wildman–Crippen MR) is 269 cm³/mol. The highest BCUT2D eigenvalue weighted by molar-refractivity contribution is 7.00.